The number of amides is 1. The van der Waals surface area contributed by atoms with Gasteiger partial charge in [0, 0.05) is 23.4 Å². The topological polar surface area (TPSA) is 84.7 Å². The zero-order chi connectivity index (χ0) is 18.1. The molecule has 0 saturated carbocycles. The summed E-state index contributed by atoms with van der Waals surface area (Å²) >= 11 is 6.01. The van der Waals surface area contributed by atoms with E-state index in [9.17, 15) is 4.79 Å². The molecule has 0 bridgehead atoms. The molecule has 2 N–H and O–H groups in total. The Bertz CT molecular complexity index is 968. The van der Waals surface area contributed by atoms with Crippen LogP contribution in [-0.2, 0) is 7.05 Å². The number of benzene rings is 1. The Morgan fingerprint density at radius 2 is 1.96 bits per heavy atom. The highest BCUT2D eigenvalue weighted by Crippen LogP contribution is 2.23. The number of hydrogen-bond acceptors (Lipinski definition) is 5. The summed E-state index contributed by atoms with van der Waals surface area (Å²) in [5.74, 6) is 1.22. The van der Waals surface area contributed by atoms with E-state index in [1.807, 2.05) is 12.1 Å². The van der Waals surface area contributed by atoms with Gasteiger partial charge >= 0.3 is 0 Å². The average molecular weight is 407 g/mol. The van der Waals surface area contributed by atoms with Crippen LogP contribution in [0, 0.1) is 0 Å². The third-order valence-corrected chi connectivity index (χ3v) is 4.83. The molecule has 1 aliphatic rings. The molecule has 1 amide bonds. The average Bonchev–Trinajstić information content (AvgIpc) is 3.02. The molecular formula is C18H20Cl2N6O. The van der Waals surface area contributed by atoms with E-state index in [-0.39, 0.29) is 18.3 Å². The molecule has 0 spiro atoms. The van der Waals surface area contributed by atoms with E-state index in [0.29, 0.717) is 28.1 Å². The summed E-state index contributed by atoms with van der Waals surface area (Å²) in [5, 5.41) is 12.1. The smallest absolute Gasteiger partial charge is 0.276 e. The molecule has 7 nitrogen and oxygen atoms in total. The lowest BCUT2D eigenvalue weighted by Gasteiger charge is -2.19. The fourth-order valence-electron chi connectivity index (χ4n) is 3.15. The van der Waals surface area contributed by atoms with Gasteiger partial charge in [-0.3, -0.25) is 10.1 Å². The number of anilines is 1. The molecule has 3 aromatic rings. The van der Waals surface area contributed by atoms with E-state index in [1.54, 1.807) is 29.9 Å². The van der Waals surface area contributed by atoms with Crippen molar-refractivity contribution >= 4 is 46.8 Å². The molecule has 3 heterocycles. The van der Waals surface area contributed by atoms with Crippen LogP contribution in [0.1, 0.15) is 35.1 Å². The number of halogens is 2. The predicted molar refractivity (Wildman–Crippen MR) is 108 cm³/mol. The van der Waals surface area contributed by atoms with E-state index >= 15 is 0 Å². The van der Waals surface area contributed by atoms with Crippen molar-refractivity contribution in [3.05, 3.63) is 46.9 Å². The molecule has 0 radical (unpaired) electrons. The van der Waals surface area contributed by atoms with Crippen LogP contribution < -0.4 is 10.6 Å². The lowest BCUT2D eigenvalue weighted by atomic mass is 9.98. The largest absolute Gasteiger partial charge is 0.317 e. The van der Waals surface area contributed by atoms with E-state index in [0.717, 1.165) is 37.1 Å². The highest BCUT2D eigenvalue weighted by Gasteiger charge is 2.21. The van der Waals surface area contributed by atoms with Crippen molar-refractivity contribution in [2.75, 3.05) is 18.4 Å². The van der Waals surface area contributed by atoms with Gasteiger partial charge in [0.25, 0.3) is 5.91 Å². The van der Waals surface area contributed by atoms with Crippen molar-refractivity contribution in [2.45, 2.75) is 18.8 Å². The standard InChI is InChI=1S/C18H19ClN6O.ClH/c1-25-18(22-16(24-25)12-6-8-20-9-7-12)23-17(26)14-5-3-11-2-4-13(19)10-15(11)21-14;/h2-5,10,12,20H,6-9H2,1H3,(H,22,23,24,26);1H. The van der Waals surface area contributed by atoms with Gasteiger partial charge in [-0.25, -0.2) is 9.67 Å². The van der Waals surface area contributed by atoms with Gasteiger partial charge in [0.15, 0.2) is 5.82 Å². The van der Waals surface area contributed by atoms with Crippen LogP contribution in [0.15, 0.2) is 30.3 Å². The summed E-state index contributed by atoms with van der Waals surface area (Å²) in [7, 11) is 1.78. The maximum atomic E-state index is 12.6. The second kappa shape index (κ2) is 8.21. The summed E-state index contributed by atoms with van der Waals surface area (Å²) in [6.07, 6.45) is 2.01. The zero-order valence-electron chi connectivity index (χ0n) is 14.8. The van der Waals surface area contributed by atoms with Gasteiger partial charge < -0.3 is 5.32 Å². The number of piperidine rings is 1. The Kier molecular flexibility index (Phi) is 5.94. The van der Waals surface area contributed by atoms with Crippen LogP contribution in [0.2, 0.25) is 5.02 Å². The number of nitrogens with one attached hydrogen (secondary N) is 2. The molecule has 0 aliphatic carbocycles. The van der Waals surface area contributed by atoms with E-state index in [4.69, 9.17) is 11.6 Å². The zero-order valence-corrected chi connectivity index (χ0v) is 16.3. The fraction of sp³-hybridized carbons (Fsp3) is 0.333. The van der Waals surface area contributed by atoms with Crippen LogP contribution in [0.25, 0.3) is 10.9 Å². The monoisotopic (exact) mass is 406 g/mol. The molecule has 2 aromatic heterocycles. The number of fused-ring (bicyclic) bond motifs is 1. The number of hydrogen-bond donors (Lipinski definition) is 2. The number of pyridine rings is 1. The second-order valence-corrected chi connectivity index (χ2v) is 6.87. The third-order valence-electron chi connectivity index (χ3n) is 4.60. The maximum absolute atomic E-state index is 12.6. The number of carbonyl (C=O) groups excluding carboxylic acids is 1. The summed E-state index contributed by atoms with van der Waals surface area (Å²) < 4.78 is 1.60. The number of carbonyl (C=O) groups is 1. The number of aryl methyl sites for hydroxylation is 1. The normalized spacial score (nSPS) is 14.7. The Morgan fingerprint density at radius 3 is 2.74 bits per heavy atom. The van der Waals surface area contributed by atoms with Crippen molar-refractivity contribution in [1.29, 1.82) is 0 Å². The van der Waals surface area contributed by atoms with E-state index in [2.05, 4.69) is 25.7 Å². The highest BCUT2D eigenvalue weighted by atomic mass is 35.5. The molecule has 1 saturated heterocycles. The van der Waals surface area contributed by atoms with Gasteiger partial charge in [0.2, 0.25) is 5.95 Å². The number of aromatic nitrogens is 4. The van der Waals surface area contributed by atoms with Crippen molar-refractivity contribution in [3.63, 3.8) is 0 Å². The van der Waals surface area contributed by atoms with E-state index in [1.165, 1.54) is 0 Å². The Hall–Kier alpha value is -2.22. The first-order valence-electron chi connectivity index (χ1n) is 8.59. The Balaban J connectivity index is 0.00000210. The van der Waals surface area contributed by atoms with Crippen molar-refractivity contribution in [1.82, 2.24) is 25.1 Å². The lowest BCUT2D eigenvalue weighted by Crippen LogP contribution is -2.27. The quantitative estimate of drug-likeness (QED) is 0.697. The van der Waals surface area contributed by atoms with Crippen molar-refractivity contribution in [2.24, 2.45) is 7.05 Å². The fourth-order valence-corrected chi connectivity index (χ4v) is 3.31. The molecule has 9 heteroatoms. The molecule has 1 fully saturated rings. The van der Waals surface area contributed by atoms with Gasteiger partial charge in [-0.2, -0.15) is 10.1 Å². The van der Waals surface area contributed by atoms with Gasteiger partial charge in [-0.15, -0.1) is 12.4 Å². The van der Waals surface area contributed by atoms with Gasteiger partial charge in [0.05, 0.1) is 5.52 Å². The van der Waals surface area contributed by atoms with Gasteiger partial charge in [0.1, 0.15) is 5.69 Å². The van der Waals surface area contributed by atoms with Crippen LogP contribution in [0.3, 0.4) is 0 Å². The van der Waals surface area contributed by atoms with Crippen LogP contribution in [0.5, 0.6) is 0 Å². The minimum Gasteiger partial charge on any atom is -0.317 e. The van der Waals surface area contributed by atoms with Crippen molar-refractivity contribution in [3.8, 4) is 0 Å². The first-order chi connectivity index (χ1) is 12.6. The number of rotatable bonds is 3. The predicted octanol–water partition coefficient (Wildman–Crippen LogP) is 3.16. The summed E-state index contributed by atoms with van der Waals surface area (Å²) in [6, 6.07) is 8.96. The number of nitrogens with zero attached hydrogens (tertiary/aromatic N) is 4. The molecule has 1 aromatic carbocycles. The summed E-state index contributed by atoms with van der Waals surface area (Å²) in [6.45, 7) is 1.93. The van der Waals surface area contributed by atoms with Crippen LogP contribution in [0.4, 0.5) is 5.95 Å². The lowest BCUT2D eigenvalue weighted by molar-refractivity contribution is 0.102. The summed E-state index contributed by atoms with van der Waals surface area (Å²) in [4.78, 5) is 21.5. The first-order valence-corrected chi connectivity index (χ1v) is 8.97. The third kappa shape index (κ3) is 4.21. The van der Waals surface area contributed by atoms with Crippen LogP contribution in [-0.4, -0.2) is 38.7 Å². The molecule has 142 valence electrons. The Labute approximate surface area is 167 Å². The molecule has 27 heavy (non-hydrogen) atoms. The Morgan fingerprint density at radius 1 is 1.22 bits per heavy atom. The maximum Gasteiger partial charge on any atom is 0.276 e. The minimum absolute atomic E-state index is 0. The van der Waals surface area contributed by atoms with Crippen molar-refractivity contribution < 1.29 is 4.79 Å². The molecular weight excluding hydrogens is 387 g/mol. The highest BCUT2D eigenvalue weighted by molar-refractivity contribution is 6.31. The molecule has 4 rings (SSSR count). The SMILES string of the molecule is Cl.Cn1nc(C2CCNCC2)nc1NC(=O)c1ccc2ccc(Cl)cc2n1. The van der Waals surface area contributed by atoms with Crippen LogP contribution >= 0.6 is 24.0 Å². The molecule has 1 aliphatic heterocycles. The van der Waals surface area contributed by atoms with E-state index < -0.39 is 0 Å². The summed E-state index contributed by atoms with van der Waals surface area (Å²) in [5.41, 5.74) is 0.990. The second-order valence-electron chi connectivity index (χ2n) is 6.43. The molecule has 0 atom stereocenters. The van der Waals surface area contributed by atoms with Gasteiger partial charge in [-0.05, 0) is 44.1 Å². The first kappa shape index (κ1) is 19.5. The minimum atomic E-state index is -0.320. The molecule has 0 unspecified atom stereocenters. The van der Waals surface area contributed by atoms with Gasteiger partial charge in [-0.1, -0.05) is 23.7 Å².